The van der Waals surface area contributed by atoms with Crippen LogP contribution >= 0.6 is 11.5 Å². The van der Waals surface area contributed by atoms with Gasteiger partial charge in [0.1, 0.15) is 4.88 Å². The fourth-order valence-electron chi connectivity index (χ4n) is 1.71. The molecule has 1 amide bonds. The molecule has 0 fully saturated rings. The van der Waals surface area contributed by atoms with Crippen LogP contribution in [0.3, 0.4) is 0 Å². The Kier molecular flexibility index (Phi) is 5.43. The van der Waals surface area contributed by atoms with Crippen LogP contribution in [-0.4, -0.2) is 32.6 Å². The summed E-state index contributed by atoms with van der Waals surface area (Å²) in [5.74, 6) is -0.301. The lowest BCUT2D eigenvalue weighted by molar-refractivity contribution is 0.0946. The van der Waals surface area contributed by atoms with Gasteiger partial charge in [-0.1, -0.05) is 43.8 Å². The van der Waals surface area contributed by atoms with E-state index in [2.05, 4.69) is 20.1 Å². The highest BCUT2D eigenvalue weighted by Gasteiger charge is 2.28. The van der Waals surface area contributed by atoms with Crippen molar-refractivity contribution in [3.8, 4) is 0 Å². The van der Waals surface area contributed by atoms with Crippen molar-refractivity contribution in [1.29, 1.82) is 0 Å². The van der Waals surface area contributed by atoms with Crippen LogP contribution in [0.2, 0.25) is 0 Å². The van der Waals surface area contributed by atoms with Crippen molar-refractivity contribution in [2.75, 3.05) is 0 Å². The third kappa shape index (κ3) is 3.89. The average Bonchev–Trinajstić information content (AvgIpc) is 2.86. The van der Waals surface area contributed by atoms with Gasteiger partial charge in [0.05, 0.1) is 11.7 Å². The standard InChI is InChI=1S/C12H21N5O2S/c1-5-6-7(10(13)16-19)14-11(18)8-9(12(2,3)4)15-17-20-8/h7,19H,5-6H2,1-4H3,(H2,13,16)(H,14,18). The number of oxime groups is 1. The Bertz CT molecular complexity index is 492. The first-order valence-corrected chi connectivity index (χ1v) is 7.19. The van der Waals surface area contributed by atoms with Crippen molar-refractivity contribution in [3.63, 3.8) is 0 Å². The van der Waals surface area contributed by atoms with E-state index in [9.17, 15) is 4.79 Å². The summed E-state index contributed by atoms with van der Waals surface area (Å²) >= 11 is 1.05. The Morgan fingerprint density at radius 3 is 2.70 bits per heavy atom. The molecule has 8 heteroatoms. The van der Waals surface area contributed by atoms with Gasteiger partial charge in [0.15, 0.2) is 5.84 Å². The van der Waals surface area contributed by atoms with Crippen molar-refractivity contribution >= 4 is 23.3 Å². The topological polar surface area (TPSA) is 113 Å². The highest BCUT2D eigenvalue weighted by atomic mass is 32.1. The maximum atomic E-state index is 12.3. The molecule has 1 rings (SSSR count). The number of hydrogen-bond acceptors (Lipinski definition) is 6. The van der Waals surface area contributed by atoms with Gasteiger partial charge in [-0.25, -0.2) is 0 Å². The fraction of sp³-hybridized carbons (Fsp3) is 0.667. The molecule has 1 aromatic rings. The maximum Gasteiger partial charge on any atom is 0.265 e. The number of amides is 1. The van der Waals surface area contributed by atoms with Gasteiger partial charge in [0.25, 0.3) is 5.91 Å². The molecule has 0 aliphatic rings. The molecule has 0 saturated carbocycles. The van der Waals surface area contributed by atoms with Crippen molar-refractivity contribution in [3.05, 3.63) is 10.6 Å². The van der Waals surface area contributed by atoms with Gasteiger partial charge in [0.2, 0.25) is 0 Å². The zero-order valence-electron chi connectivity index (χ0n) is 12.2. The second-order valence-electron chi connectivity index (χ2n) is 5.54. The predicted molar refractivity (Wildman–Crippen MR) is 78.2 cm³/mol. The number of hydrogen-bond donors (Lipinski definition) is 3. The summed E-state index contributed by atoms with van der Waals surface area (Å²) in [4.78, 5) is 12.8. The van der Waals surface area contributed by atoms with Crippen molar-refractivity contribution in [1.82, 2.24) is 14.9 Å². The predicted octanol–water partition coefficient (Wildman–Crippen LogP) is 1.48. The molecule has 20 heavy (non-hydrogen) atoms. The highest BCUT2D eigenvalue weighted by Crippen LogP contribution is 2.25. The number of nitrogens with zero attached hydrogens (tertiary/aromatic N) is 3. The number of rotatable bonds is 5. The van der Waals surface area contributed by atoms with Gasteiger partial charge in [0, 0.05) is 5.41 Å². The van der Waals surface area contributed by atoms with E-state index in [1.807, 2.05) is 27.7 Å². The molecule has 1 aromatic heterocycles. The van der Waals surface area contributed by atoms with E-state index < -0.39 is 6.04 Å². The molecule has 0 aliphatic carbocycles. The number of amidine groups is 1. The molecule has 1 heterocycles. The number of nitrogens with one attached hydrogen (secondary N) is 1. The number of aromatic nitrogens is 2. The molecule has 0 aromatic carbocycles. The number of nitrogens with two attached hydrogens (primary N) is 1. The van der Waals surface area contributed by atoms with E-state index in [4.69, 9.17) is 10.9 Å². The van der Waals surface area contributed by atoms with Crippen molar-refractivity contribution in [2.24, 2.45) is 10.9 Å². The third-order valence-electron chi connectivity index (χ3n) is 2.76. The first-order chi connectivity index (χ1) is 9.31. The summed E-state index contributed by atoms with van der Waals surface area (Å²) in [6.07, 6.45) is 1.40. The van der Waals surface area contributed by atoms with Crippen LogP contribution in [0, 0.1) is 0 Å². The van der Waals surface area contributed by atoms with E-state index in [0.29, 0.717) is 17.0 Å². The minimum Gasteiger partial charge on any atom is -0.409 e. The van der Waals surface area contributed by atoms with E-state index in [0.717, 1.165) is 18.0 Å². The molecule has 112 valence electrons. The quantitative estimate of drug-likeness (QED) is 0.330. The van der Waals surface area contributed by atoms with Gasteiger partial charge < -0.3 is 16.3 Å². The van der Waals surface area contributed by atoms with Crippen LogP contribution in [0.4, 0.5) is 0 Å². The van der Waals surface area contributed by atoms with Crippen LogP contribution in [0.5, 0.6) is 0 Å². The molecule has 0 spiro atoms. The van der Waals surface area contributed by atoms with E-state index in [1.54, 1.807) is 0 Å². The first-order valence-electron chi connectivity index (χ1n) is 6.42. The highest BCUT2D eigenvalue weighted by molar-refractivity contribution is 7.08. The van der Waals surface area contributed by atoms with Crippen LogP contribution < -0.4 is 11.1 Å². The second kappa shape index (κ2) is 6.65. The molecule has 0 radical (unpaired) electrons. The van der Waals surface area contributed by atoms with Gasteiger partial charge in [-0.2, -0.15) is 0 Å². The minimum absolute atomic E-state index is 0.00465. The minimum atomic E-state index is -0.493. The zero-order chi connectivity index (χ0) is 15.3. The first kappa shape index (κ1) is 16.4. The fourth-order valence-corrected chi connectivity index (χ4v) is 2.49. The van der Waals surface area contributed by atoms with Crippen molar-refractivity contribution in [2.45, 2.75) is 52.0 Å². The van der Waals surface area contributed by atoms with E-state index in [1.165, 1.54) is 0 Å². The van der Waals surface area contributed by atoms with Gasteiger partial charge in [-0.15, -0.1) is 5.10 Å². The molecular weight excluding hydrogens is 278 g/mol. The Hall–Kier alpha value is -1.70. The molecule has 1 unspecified atom stereocenters. The van der Waals surface area contributed by atoms with Gasteiger partial charge in [-0.3, -0.25) is 4.79 Å². The summed E-state index contributed by atoms with van der Waals surface area (Å²) in [6, 6.07) is -0.493. The van der Waals surface area contributed by atoms with Crippen LogP contribution in [-0.2, 0) is 5.41 Å². The lowest BCUT2D eigenvalue weighted by Crippen LogP contribution is -2.44. The molecule has 0 aliphatic heterocycles. The maximum absolute atomic E-state index is 12.3. The molecular formula is C12H21N5O2S. The summed E-state index contributed by atoms with van der Waals surface area (Å²) in [6.45, 7) is 7.85. The summed E-state index contributed by atoms with van der Waals surface area (Å²) in [5, 5.41) is 18.5. The monoisotopic (exact) mass is 299 g/mol. The summed E-state index contributed by atoms with van der Waals surface area (Å²) in [7, 11) is 0. The SMILES string of the molecule is CCCC(NC(=O)c1snnc1C(C)(C)C)C(N)=NO. The van der Waals surface area contributed by atoms with Gasteiger partial charge >= 0.3 is 0 Å². The van der Waals surface area contributed by atoms with Gasteiger partial charge in [-0.05, 0) is 18.0 Å². The molecule has 0 bridgehead atoms. The van der Waals surface area contributed by atoms with Crippen LogP contribution in [0.25, 0.3) is 0 Å². The smallest absolute Gasteiger partial charge is 0.265 e. The van der Waals surface area contributed by atoms with Crippen LogP contribution in [0.15, 0.2) is 5.16 Å². The molecule has 4 N–H and O–H groups in total. The van der Waals surface area contributed by atoms with Crippen molar-refractivity contribution < 1.29 is 10.0 Å². The average molecular weight is 299 g/mol. The zero-order valence-corrected chi connectivity index (χ0v) is 13.0. The second-order valence-corrected chi connectivity index (χ2v) is 6.29. The molecule has 1 atom stereocenters. The lowest BCUT2D eigenvalue weighted by atomic mass is 9.91. The van der Waals surface area contributed by atoms with Crippen LogP contribution in [0.1, 0.15) is 55.9 Å². The number of carbonyl (C=O) groups excluding carboxylic acids is 1. The Morgan fingerprint density at radius 1 is 1.55 bits per heavy atom. The number of carbonyl (C=O) groups is 1. The molecule has 7 nitrogen and oxygen atoms in total. The Balaban J connectivity index is 2.93. The summed E-state index contributed by atoms with van der Waals surface area (Å²) < 4.78 is 3.85. The Morgan fingerprint density at radius 2 is 2.20 bits per heavy atom. The summed E-state index contributed by atoms with van der Waals surface area (Å²) in [5.41, 5.74) is 5.97. The normalized spacial score (nSPS) is 14.1. The van der Waals surface area contributed by atoms with E-state index in [-0.39, 0.29) is 17.2 Å². The van der Waals surface area contributed by atoms with E-state index >= 15 is 0 Å². The third-order valence-corrected chi connectivity index (χ3v) is 3.48. The largest absolute Gasteiger partial charge is 0.409 e. The molecule has 0 saturated heterocycles. The Labute approximate surface area is 122 Å². The lowest BCUT2D eigenvalue weighted by Gasteiger charge is -2.19.